The molecule has 0 aliphatic carbocycles. The molecular weight excluding hydrogens is 210 g/mol. The number of hydrogen-bond donors (Lipinski definition) is 0. The molecule has 0 saturated carbocycles. The predicted octanol–water partition coefficient (Wildman–Crippen LogP) is 4.24. The van der Waals surface area contributed by atoms with Gasteiger partial charge in [0, 0.05) is 19.5 Å². The van der Waals surface area contributed by atoms with Gasteiger partial charge in [-0.15, -0.1) is 0 Å². The highest BCUT2D eigenvalue weighted by Gasteiger charge is 2.15. The monoisotopic (exact) mass is 241 g/mol. The van der Waals surface area contributed by atoms with E-state index in [1.165, 1.54) is 38.5 Å². The summed E-state index contributed by atoms with van der Waals surface area (Å²) in [5.41, 5.74) is 0. The summed E-state index contributed by atoms with van der Waals surface area (Å²) in [5.74, 6) is 0.834. The Morgan fingerprint density at radius 1 is 1.06 bits per heavy atom. The number of rotatable bonds is 9. The molecule has 1 unspecified atom stereocenters. The van der Waals surface area contributed by atoms with Gasteiger partial charge in [-0.2, -0.15) is 0 Å². The third-order valence-electron chi connectivity index (χ3n) is 3.34. The van der Waals surface area contributed by atoms with Crippen LogP contribution in [0.2, 0.25) is 0 Å². The summed E-state index contributed by atoms with van der Waals surface area (Å²) < 4.78 is 0. The minimum atomic E-state index is 0.206. The largest absolute Gasteiger partial charge is 0.340 e. The van der Waals surface area contributed by atoms with Crippen LogP contribution in [-0.2, 0) is 4.79 Å². The third-order valence-corrected chi connectivity index (χ3v) is 3.34. The zero-order valence-corrected chi connectivity index (χ0v) is 12.5. The first-order valence-electron chi connectivity index (χ1n) is 7.26. The second-order valence-corrected chi connectivity index (χ2v) is 5.57. The van der Waals surface area contributed by atoms with E-state index in [-0.39, 0.29) is 5.91 Å². The van der Waals surface area contributed by atoms with Crippen LogP contribution in [0.3, 0.4) is 0 Å². The molecule has 2 nitrogen and oxygen atoms in total. The van der Waals surface area contributed by atoms with Gasteiger partial charge in [0.1, 0.15) is 0 Å². The molecule has 0 aliphatic heterocycles. The Labute approximate surface area is 108 Å². The average Bonchev–Trinajstić information content (AvgIpc) is 2.24. The van der Waals surface area contributed by atoms with Crippen molar-refractivity contribution in [1.82, 2.24) is 4.90 Å². The Bertz CT molecular complexity index is 201. The summed E-state index contributed by atoms with van der Waals surface area (Å²) in [7, 11) is 0. The quantitative estimate of drug-likeness (QED) is 0.553. The number of carbonyl (C=O) groups excluding carboxylic acids is 1. The van der Waals surface area contributed by atoms with Gasteiger partial charge in [0.05, 0.1) is 0 Å². The Morgan fingerprint density at radius 3 is 2.12 bits per heavy atom. The number of carbonyl (C=O) groups is 1. The van der Waals surface area contributed by atoms with Crippen molar-refractivity contribution >= 4 is 5.91 Å². The molecule has 0 saturated heterocycles. The van der Waals surface area contributed by atoms with Crippen LogP contribution in [0.15, 0.2) is 0 Å². The molecule has 0 radical (unpaired) electrons. The summed E-state index contributed by atoms with van der Waals surface area (Å²) in [6.07, 6.45) is 7.94. The highest BCUT2D eigenvalue weighted by atomic mass is 16.2. The molecule has 0 aromatic heterocycles. The fourth-order valence-corrected chi connectivity index (χ4v) is 2.23. The Morgan fingerprint density at radius 2 is 1.65 bits per heavy atom. The smallest absolute Gasteiger partial charge is 0.219 e. The zero-order valence-electron chi connectivity index (χ0n) is 12.5. The van der Waals surface area contributed by atoms with E-state index in [0.29, 0.717) is 12.0 Å². The van der Waals surface area contributed by atoms with E-state index in [1.807, 2.05) is 4.90 Å². The molecule has 0 aromatic carbocycles. The maximum Gasteiger partial charge on any atom is 0.219 e. The van der Waals surface area contributed by atoms with Crippen LogP contribution in [0.4, 0.5) is 0 Å². The van der Waals surface area contributed by atoms with Crippen LogP contribution in [-0.4, -0.2) is 23.4 Å². The van der Waals surface area contributed by atoms with Gasteiger partial charge < -0.3 is 4.90 Å². The third kappa shape index (κ3) is 8.23. The first-order valence-corrected chi connectivity index (χ1v) is 7.26. The molecular formula is C15H31NO. The normalized spacial score (nSPS) is 12.8. The second kappa shape index (κ2) is 9.49. The predicted molar refractivity (Wildman–Crippen MR) is 75.1 cm³/mol. The zero-order chi connectivity index (χ0) is 13.3. The molecule has 102 valence electrons. The minimum Gasteiger partial charge on any atom is -0.340 e. The highest BCUT2D eigenvalue weighted by molar-refractivity contribution is 5.73. The fourth-order valence-electron chi connectivity index (χ4n) is 2.23. The molecule has 1 atom stereocenters. The van der Waals surface area contributed by atoms with Crippen molar-refractivity contribution < 1.29 is 4.79 Å². The number of amides is 1. The maximum absolute atomic E-state index is 11.5. The van der Waals surface area contributed by atoms with Crippen molar-refractivity contribution in [2.75, 3.05) is 6.54 Å². The number of hydrogen-bond acceptors (Lipinski definition) is 1. The summed E-state index contributed by atoms with van der Waals surface area (Å²) in [6, 6.07) is 0.329. The average molecular weight is 241 g/mol. The maximum atomic E-state index is 11.5. The molecule has 0 aliphatic rings. The topological polar surface area (TPSA) is 20.3 Å². The van der Waals surface area contributed by atoms with Crippen LogP contribution in [0.5, 0.6) is 0 Å². The summed E-state index contributed by atoms with van der Waals surface area (Å²) in [4.78, 5) is 13.4. The van der Waals surface area contributed by atoms with Crippen LogP contribution in [0, 0.1) is 5.92 Å². The lowest BCUT2D eigenvalue weighted by molar-refractivity contribution is -0.131. The van der Waals surface area contributed by atoms with Gasteiger partial charge in [-0.05, 0) is 26.2 Å². The van der Waals surface area contributed by atoms with Crippen LogP contribution in [0.25, 0.3) is 0 Å². The summed E-state index contributed by atoms with van der Waals surface area (Å²) >= 11 is 0. The molecule has 0 rings (SSSR count). The minimum absolute atomic E-state index is 0.206. The Hall–Kier alpha value is -0.530. The SMILES string of the molecule is CCCCCCCC(C)CN(C(C)=O)C(C)C. The number of nitrogens with zero attached hydrogens (tertiary/aromatic N) is 1. The van der Waals surface area contributed by atoms with Crippen molar-refractivity contribution in [3.8, 4) is 0 Å². The van der Waals surface area contributed by atoms with Gasteiger partial charge in [0.15, 0.2) is 0 Å². The molecule has 1 amide bonds. The van der Waals surface area contributed by atoms with E-state index in [4.69, 9.17) is 0 Å². The van der Waals surface area contributed by atoms with Gasteiger partial charge in [-0.25, -0.2) is 0 Å². The van der Waals surface area contributed by atoms with Crippen molar-refractivity contribution in [3.05, 3.63) is 0 Å². The van der Waals surface area contributed by atoms with Crippen LogP contribution < -0.4 is 0 Å². The van der Waals surface area contributed by atoms with Gasteiger partial charge in [-0.3, -0.25) is 4.79 Å². The molecule has 0 heterocycles. The van der Waals surface area contributed by atoms with Gasteiger partial charge in [-0.1, -0.05) is 46.0 Å². The molecule has 0 aromatic rings. The van der Waals surface area contributed by atoms with Gasteiger partial charge in [0.25, 0.3) is 0 Å². The molecule has 0 spiro atoms. The van der Waals surface area contributed by atoms with E-state index in [9.17, 15) is 4.79 Å². The Balaban J connectivity index is 3.75. The van der Waals surface area contributed by atoms with Crippen LogP contribution in [0.1, 0.15) is 73.1 Å². The molecule has 2 heteroatoms. The first kappa shape index (κ1) is 16.5. The van der Waals surface area contributed by atoms with E-state index < -0.39 is 0 Å². The Kier molecular flexibility index (Phi) is 9.20. The summed E-state index contributed by atoms with van der Waals surface area (Å²) in [5, 5.41) is 0. The fraction of sp³-hybridized carbons (Fsp3) is 0.933. The lowest BCUT2D eigenvalue weighted by atomic mass is 10.0. The molecule has 0 fully saturated rings. The summed E-state index contributed by atoms with van der Waals surface area (Å²) in [6.45, 7) is 11.3. The van der Waals surface area contributed by atoms with Gasteiger partial charge >= 0.3 is 0 Å². The van der Waals surface area contributed by atoms with Crippen molar-refractivity contribution in [1.29, 1.82) is 0 Å². The second-order valence-electron chi connectivity index (χ2n) is 5.57. The van der Waals surface area contributed by atoms with Crippen molar-refractivity contribution in [2.45, 2.75) is 79.2 Å². The molecule has 17 heavy (non-hydrogen) atoms. The van der Waals surface area contributed by atoms with Crippen molar-refractivity contribution in [2.24, 2.45) is 5.92 Å². The number of unbranched alkanes of at least 4 members (excludes halogenated alkanes) is 4. The van der Waals surface area contributed by atoms with E-state index in [0.717, 1.165) is 6.54 Å². The lowest BCUT2D eigenvalue weighted by Gasteiger charge is -2.28. The highest BCUT2D eigenvalue weighted by Crippen LogP contribution is 2.14. The van der Waals surface area contributed by atoms with E-state index in [1.54, 1.807) is 6.92 Å². The molecule has 0 bridgehead atoms. The first-order chi connectivity index (χ1) is 7.99. The van der Waals surface area contributed by atoms with Crippen molar-refractivity contribution in [3.63, 3.8) is 0 Å². The van der Waals surface area contributed by atoms with Gasteiger partial charge in [0.2, 0.25) is 5.91 Å². The lowest BCUT2D eigenvalue weighted by Crippen LogP contribution is -2.38. The standard InChI is InChI=1S/C15H31NO/c1-6-7-8-9-10-11-14(4)12-16(13(2)3)15(5)17/h13-14H,6-12H2,1-5H3. The molecule has 0 N–H and O–H groups in total. The van der Waals surface area contributed by atoms with E-state index in [2.05, 4.69) is 27.7 Å². The van der Waals surface area contributed by atoms with E-state index >= 15 is 0 Å². The van der Waals surface area contributed by atoms with Crippen LogP contribution >= 0.6 is 0 Å².